The van der Waals surface area contributed by atoms with Crippen LogP contribution in [-0.2, 0) is 22.6 Å². The van der Waals surface area contributed by atoms with Gasteiger partial charge in [-0.15, -0.1) is 0 Å². The number of hydrogen-bond donors (Lipinski definition) is 1. The first-order chi connectivity index (χ1) is 14.5. The zero-order valence-electron chi connectivity index (χ0n) is 16.4. The molecule has 0 unspecified atom stereocenters. The lowest BCUT2D eigenvalue weighted by atomic mass is 10.0. The van der Waals surface area contributed by atoms with Gasteiger partial charge in [-0.05, 0) is 34.5 Å². The largest absolute Gasteiger partial charge is 0.481 e. The number of esters is 1. The van der Waals surface area contributed by atoms with Gasteiger partial charge in [0.25, 0.3) is 0 Å². The lowest BCUT2D eigenvalue weighted by Gasteiger charge is -2.08. The molecule has 1 heterocycles. The fourth-order valence-electron chi connectivity index (χ4n) is 3.74. The van der Waals surface area contributed by atoms with Crippen LogP contribution in [0.25, 0.3) is 21.8 Å². The van der Waals surface area contributed by atoms with E-state index in [-0.39, 0.29) is 18.7 Å². The fourth-order valence-corrected chi connectivity index (χ4v) is 3.74. The normalized spacial score (nSPS) is 11.1. The molecule has 7 nitrogen and oxygen atoms in total. The van der Waals surface area contributed by atoms with E-state index in [9.17, 15) is 14.4 Å². The van der Waals surface area contributed by atoms with Crippen molar-refractivity contribution >= 4 is 33.7 Å². The molecule has 0 radical (unpaired) electrons. The van der Waals surface area contributed by atoms with E-state index in [1.165, 1.54) is 11.7 Å². The Morgan fingerprint density at radius 2 is 1.73 bits per heavy atom. The lowest BCUT2D eigenvalue weighted by Crippen LogP contribution is -2.25. The highest BCUT2D eigenvalue weighted by molar-refractivity contribution is 5.94. The van der Waals surface area contributed by atoms with E-state index in [4.69, 9.17) is 9.84 Å². The monoisotopic (exact) mass is 404 g/mol. The van der Waals surface area contributed by atoms with Crippen LogP contribution in [0.5, 0.6) is 0 Å². The number of fused-ring (bicyclic) bond motifs is 2. The van der Waals surface area contributed by atoms with E-state index in [0.29, 0.717) is 23.1 Å². The van der Waals surface area contributed by atoms with Crippen molar-refractivity contribution in [3.63, 3.8) is 0 Å². The van der Waals surface area contributed by atoms with Gasteiger partial charge in [-0.2, -0.15) is 0 Å². The molecule has 1 N–H and O–H groups in total. The number of aromatic nitrogens is 2. The average Bonchev–Trinajstić information content (AvgIpc) is 3.02. The van der Waals surface area contributed by atoms with Gasteiger partial charge in [0.2, 0.25) is 0 Å². The maximum absolute atomic E-state index is 13.2. The van der Waals surface area contributed by atoms with Gasteiger partial charge in [-0.1, -0.05) is 42.5 Å². The van der Waals surface area contributed by atoms with Crippen molar-refractivity contribution in [2.45, 2.75) is 19.5 Å². The Labute approximate surface area is 171 Å². The lowest BCUT2D eigenvalue weighted by molar-refractivity contribution is -0.137. The van der Waals surface area contributed by atoms with Gasteiger partial charge in [-0.25, -0.2) is 9.59 Å². The third-order valence-electron chi connectivity index (χ3n) is 5.20. The molecule has 7 heteroatoms. The number of ether oxygens (including phenoxy) is 1. The van der Waals surface area contributed by atoms with E-state index in [1.54, 1.807) is 22.8 Å². The summed E-state index contributed by atoms with van der Waals surface area (Å²) in [7, 11) is 1.30. The van der Waals surface area contributed by atoms with E-state index in [0.717, 1.165) is 16.3 Å². The second kappa shape index (κ2) is 7.87. The molecular weight excluding hydrogens is 384 g/mol. The topological polar surface area (TPSA) is 90.5 Å². The van der Waals surface area contributed by atoms with Gasteiger partial charge in [0.15, 0.2) is 0 Å². The average molecular weight is 404 g/mol. The summed E-state index contributed by atoms with van der Waals surface area (Å²) < 4.78 is 7.82. The summed E-state index contributed by atoms with van der Waals surface area (Å²) in [6.45, 7) is 0.339. The summed E-state index contributed by atoms with van der Waals surface area (Å²) in [6, 6.07) is 18.7. The number of benzene rings is 3. The smallest absolute Gasteiger partial charge is 0.337 e. The summed E-state index contributed by atoms with van der Waals surface area (Å²) in [5.74, 6) is -1.48. The fraction of sp³-hybridized carbons (Fsp3) is 0.174. The standard InChI is InChI=1S/C23H20N2O5/c1-30-22(28)16-9-10-19-20(13-16)25(23(29)24(19)12-11-21(26)27)14-17-7-4-6-15-5-2-3-8-18(15)17/h2-10,13H,11-12,14H2,1H3,(H,26,27). The number of imidazole rings is 1. The molecule has 0 spiro atoms. The Balaban J connectivity index is 1.90. The van der Waals surface area contributed by atoms with Gasteiger partial charge in [0, 0.05) is 6.54 Å². The van der Waals surface area contributed by atoms with Crippen LogP contribution in [-0.4, -0.2) is 33.3 Å². The second-order valence-corrected chi connectivity index (χ2v) is 7.00. The number of rotatable bonds is 6. The molecule has 0 saturated heterocycles. The van der Waals surface area contributed by atoms with Crippen LogP contribution < -0.4 is 5.69 Å². The minimum Gasteiger partial charge on any atom is -0.481 e. The van der Waals surface area contributed by atoms with E-state index >= 15 is 0 Å². The molecule has 0 bridgehead atoms. The highest BCUT2D eigenvalue weighted by atomic mass is 16.5. The predicted octanol–water partition coefficient (Wildman–Crippen LogP) is 3.27. The number of methoxy groups -OCH3 is 1. The van der Waals surface area contributed by atoms with Crippen LogP contribution in [0.1, 0.15) is 22.3 Å². The molecular formula is C23H20N2O5. The second-order valence-electron chi connectivity index (χ2n) is 7.00. The van der Waals surface area contributed by atoms with Gasteiger partial charge in [-0.3, -0.25) is 13.9 Å². The molecule has 0 fully saturated rings. The maximum atomic E-state index is 13.2. The van der Waals surface area contributed by atoms with Gasteiger partial charge >= 0.3 is 17.6 Å². The number of aliphatic carboxylic acids is 1. The first kappa shape index (κ1) is 19.4. The third kappa shape index (κ3) is 3.45. The van der Waals surface area contributed by atoms with Crippen LogP contribution in [0.15, 0.2) is 65.5 Å². The van der Waals surface area contributed by atoms with Crippen LogP contribution in [0, 0.1) is 0 Å². The highest BCUT2D eigenvalue weighted by Gasteiger charge is 2.17. The van der Waals surface area contributed by atoms with E-state index in [1.807, 2.05) is 42.5 Å². The Morgan fingerprint density at radius 1 is 0.967 bits per heavy atom. The first-order valence-corrected chi connectivity index (χ1v) is 9.49. The quantitative estimate of drug-likeness (QED) is 0.498. The minimum atomic E-state index is -0.983. The summed E-state index contributed by atoms with van der Waals surface area (Å²) in [5, 5.41) is 11.2. The zero-order valence-corrected chi connectivity index (χ0v) is 16.4. The van der Waals surface area contributed by atoms with E-state index < -0.39 is 11.9 Å². The number of carbonyl (C=O) groups is 2. The van der Waals surface area contributed by atoms with Crippen molar-refractivity contribution in [2.75, 3.05) is 7.11 Å². The van der Waals surface area contributed by atoms with Crippen molar-refractivity contribution in [1.29, 1.82) is 0 Å². The van der Waals surface area contributed by atoms with Crippen molar-refractivity contribution in [3.8, 4) is 0 Å². The maximum Gasteiger partial charge on any atom is 0.337 e. The molecule has 4 aromatic rings. The first-order valence-electron chi connectivity index (χ1n) is 9.49. The Hall–Kier alpha value is -3.87. The molecule has 0 saturated carbocycles. The molecule has 0 amide bonds. The van der Waals surface area contributed by atoms with Gasteiger partial charge in [0.05, 0.1) is 36.7 Å². The molecule has 30 heavy (non-hydrogen) atoms. The molecule has 3 aromatic carbocycles. The summed E-state index contributed by atoms with van der Waals surface area (Å²) in [6.07, 6.45) is -0.175. The molecule has 0 aliphatic rings. The molecule has 0 aliphatic heterocycles. The van der Waals surface area contributed by atoms with Crippen LogP contribution in [0.4, 0.5) is 0 Å². The molecule has 0 atom stereocenters. The third-order valence-corrected chi connectivity index (χ3v) is 5.20. The minimum absolute atomic E-state index is 0.0464. The van der Waals surface area contributed by atoms with Crippen molar-refractivity contribution in [1.82, 2.24) is 9.13 Å². The van der Waals surface area contributed by atoms with Crippen LogP contribution in [0.3, 0.4) is 0 Å². The number of aryl methyl sites for hydroxylation is 1. The van der Waals surface area contributed by atoms with Gasteiger partial charge < -0.3 is 9.84 Å². The van der Waals surface area contributed by atoms with Crippen molar-refractivity contribution in [3.05, 3.63) is 82.3 Å². The number of carboxylic acid groups (broad SMARTS) is 1. The number of carbonyl (C=O) groups excluding carboxylic acids is 1. The van der Waals surface area contributed by atoms with Crippen LogP contribution in [0.2, 0.25) is 0 Å². The van der Waals surface area contributed by atoms with Crippen molar-refractivity contribution in [2.24, 2.45) is 0 Å². The van der Waals surface area contributed by atoms with E-state index in [2.05, 4.69) is 0 Å². The SMILES string of the molecule is COC(=O)c1ccc2c(c1)n(Cc1cccc3ccccc13)c(=O)n2CCC(=O)O. The number of nitrogens with zero attached hydrogens (tertiary/aromatic N) is 2. The number of hydrogen-bond acceptors (Lipinski definition) is 4. The predicted molar refractivity (Wildman–Crippen MR) is 113 cm³/mol. The molecule has 4 rings (SSSR count). The Kier molecular flexibility index (Phi) is 5.10. The summed E-state index contributed by atoms with van der Waals surface area (Å²) >= 11 is 0. The van der Waals surface area contributed by atoms with Crippen LogP contribution >= 0.6 is 0 Å². The summed E-state index contributed by atoms with van der Waals surface area (Å²) in [5.41, 5.74) is 2.10. The highest BCUT2D eigenvalue weighted by Crippen LogP contribution is 2.22. The Bertz CT molecular complexity index is 1330. The molecule has 152 valence electrons. The number of carboxylic acids is 1. The summed E-state index contributed by atoms with van der Waals surface area (Å²) in [4.78, 5) is 36.3. The molecule has 1 aromatic heterocycles. The molecule has 0 aliphatic carbocycles. The van der Waals surface area contributed by atoms with Gasteiger partial charge in [0.1, 0.15) is 0 Å². The zero-order chi connectivity index (χ0) is 21.3. The Morgan fingerprint density at radius 3 is 2.50 bits per heavy atom. The van der Waals surface area contributed by atoms with Crippen molar-refractivity contribution < 1.29 is 19.4 Å².